The van der Waals surface area contributed by atoms with E-state index in [0.29, 0.717) is 0 Å². The van der Waals surface area contributed by atoms with Crippen LogP contribution in [0.4, 0.5) is 15.8 Å². The predicted octanol–water partition coefficient (Wildman–Crippen LogP) is 1.88. The minimum Gasteiger partial charge on any atom is -0.395 e. The van der Waals surface area contributed by atoms with E-state index in [4.69, 9.17) is 22.0 Å². The molecule has 1 amide bonds. The van der Waals surface area contributed by atoms with Crippen LogP contribution in [0, 0.1) is 17.3 Å². The van der Waals surface area contributed by atoms with Crippen molar-refractivity contribution in [3.8, 4) is 6.07 Å². The minimum absolute atomic E-state index is 0.0310. The number of carbonyl (C=O) groups excluding carboxylic acids is 1. The molecular weight excluding hydrogens is 451 g/mol. The highest BCUT2D eigenvalue weighted by Gasteiger charge is 2.25. The Morgan fingerprint density at radius 2 is 2.16 bits per heavy atom. The van der Waals surface area contributed by atoms with Crippen LogP contribution in [0.25, 0.3) is 5.52 Å². The summed E-state index contributed by atoms with van der Waals surface area (Å²) in [5.41, 5.74) is -0.182. The largest absolute Gasteiger partial charge is 0.395 e. The zero-order valence-electron chi connectivity index (χ0n) is 15.9. The number of hydrogen-bond donors (Lipinski definition) is 4. The van der Waals surface area contributed by atoms with Crippen molar-refractivity contribution in [3.63, 3.8) is 0 Å². The number of aromatic nitrogens is 2. The third-order valence-corrected chi connectivity index (χ3v) is 5.59. The number of nitrogens with zero attached hydrogens (tertiary/aromatic N) is 3. The van der Waals surface area contributed by atoms with Crippen LogP contribution in [0.1, 0.15) is 23.1 Å². The van der Waals surface area contributed by atoms with Gasteiger partial charge in [0.2, 0.25) is 5.95 Å². The van der Waals surface area contributed by atoms with Crippen molar-refractivity contribution in [2.45, 2.75) is 13.0 Å². The molecule has 3 heterocycles. The number of aliphatic hydroxyl groups excluding tert-OH is 1. The van der Waals surface area contributed by atoms with Crippen molar-refractivity contribution in [3.05, 3.63) is 58.9 Å². The fourth-order valence-corrected chi connectivity index (χ4v) is 4.28. The fraction of sp³-hybridized carbons (Fsp3) is 0.167. The number of nitrogens with one attached hydrogen (secondary N) is 3. The number of pyridine rings is 2. The van der Waals surface area contributed by atoms with Gasteiger partial charge in [0.1, 0.15) is 17.5 Å². The Labute approximate surface area is 181 Å². The van der Waals surface area contributed by atoms with Gasteiger partial charge in [-0.1, -0.05) is 17.7 Å². The maximum absolute atomic E-state index is 13.6. The lowest BCUT2D eigenvalue weighted by molar-refractivity contribution is 0.102. The van der Waals surface area contributed by atoms with Crippen molar-refractivity contribution in [2.24, 2.45) is 0 Å². The van der Waals surface area contributed by atoms with Crippen LogP contribution in [0.5, 0.6) is 0 Å². The summed E-state index contributed by atoms with van der Waals surface area (Å²) in [5, 5.41) is 20.2. The van der Waals surface area contributed by atoms with Crippen LogP contribution in [0.3, 0.4) is 0 Å². The summed E-state index contributed by atoms with van der Waals surface area (Å²) in [4.78, 5) is 16.3. The van der Waals surface area contributed by atoms with E-state index in [1.165, 1.54) is 29.7 Å². The number of anilines is 2. The lowest BCUT2D eigenvalue weighted by Crippen LogP contribution is -2.38. The number of nitriles is 1. The zero-order chi connectivity index (χ0) is 22.8. The van der Waals surface area contributed by atoms with Crippen LogP contribution in [0.2, 0.25) is 5.02 Å². The van der Waals surface area contributed by atoms with Crippen LogP contribution in [-0.4, -0.2) is 41.5 Å². The molecule has 162 valence electrons. The Bertz CT molecular complexity index is 1300. The molecule has 4 N–H and O–H groups in total. The third-order valence-electron chi connectivity index (χ3n) is 4.03. The number of halogens is 2. The van der Waals surface area contributed by atoms with Gasteiger partial charge in [0.05, 0.1) is 22.8 Å². The Hall–Kier alpha value is -3.24. The first-order valence-electron chi connectivity index (χ1n) is 8.73. The fourth-order valence-electron chi connectivity index (χ4n) is 2.77. The molecule has 3 rings (SSSR count). The van der Waals surface area contributed by atoms with Crippen molar-refractivity contribution >= 4 is 44.6 Å². The van der Waals surface area contributed by atoms with E-state index in [1.807, 2.05) is 0 Å². The molecule has 3 aromatic heterocycles. The molecule has 3 aromatic rings. The van der Waals surface area contributed by atoms with Gasteiger partial charge in [-0.2, -0.15) is 22.8 Å². The second kappa shape index (κ2) is 8.86. The van der Waals surface area contributed by atoms with E-state index < -0.39 is 34.7 Å². The van der Waals surface area contributed by atoms with E-state index in [2.05, 4.69) is 19.7 Å². The molecule has 10 nitrogen and oxygen atoms in total. The highest BCUT2D eigenvalue weighted by molar-refractivity contribution is 7.90. The molecule has 0 aliphatic carbocycles. The molecular formula is C18H16ClFN6O4S. The highest BCUT2D eigenvalue weighted by atomic mass is 35.5. The van der Waals surface area contributed by atoms with Gasteiger partial charge in [-0.05, 0) is 25.1 Å². The molecule has 13 heteroatoms. The Morgan fingerprint density at radius 1 is 1.42 bits per heavy atom. The molecule has 0 spiro atoms. The first-order valence-corrected chi connectivity index (χ1v) is 10.6. The number of aliphatic hydroxyl groups is 1. The number of fused-ring (bicyclic) bond motifs is 1. The van der Waals surface area contributed by atoms with Crippen LogP contribution < -0.4 is 14.8 Å². The Balaban J connectivity index is 2.02. The Morgan fingerprint density at radius 3 is 2.84 bits per heavy atom. The molecule has 0 fully saturated rings. The topological polar surface area (TPSA) is 149 Å². The van der Waals surface area contributed by atoms with Gasteiger partial charge in [0, 0.05) is 24.0 Å². The predicted molar refractivity (Wildman–Crippen MR) is 111 cm³/mol. The maximum atomic E-state index is 13.6. The number of rotatable bonds is 7. The lowest BCUT2D eigenvalue weighted by Gasteiger charge is -2.13. The van der Waals surface area contributed by atoms with Gasteiger partial charge in [0.15, 0.2) is 0 Å². The summed E-state index contributed by atoms with van der Waals surface area (Å²) in [5.74, 6) is -1.74. The standard InChI is InChI=1S/C18H16ClFN6O4S/c1-10(9-27)24-31(29,30)25-16-13-4-2-3-5-26(13)17(15(16)19)18(28)23-11-6-12(8-21)22-14(20)7-11/h2-7,10,24-25,27H,9H2,1H3,(H,22,23,28). The van der Waals surface area contributed by atoms with Gasteiger partial charge >= 0.3 is 0 Å². The molecule has 0 saturated carbocycles. The second-order valence-electron chi connectivity index (χ2n) is 6.43. The van der Waals surface area contributed by atoms with Crippen LogP contribution >= 0.6 is 11.6 Å². The Kier molecular flexibility index (Phi) is 6.42. The van der Waals surface area contributed by atoms with Crippen molar-refractivity contribution < 1.29 is 22.7 Å². The van der Waals surface area contributed by atoms with Gasteiger partial charge < -0.3 is 14.8 Å². The van der Waals surface area contributed by atoms with E-state index in [-0.39, 0.29) is 33.3 Å². The van der Waals surface area contributed by atoms with Gasteiger partial charge in [-0.25, -0.2) is 4.98 Å². The average molecular weight is 467 g/mol. The van der Waals surface area contributed by atoms with Crippen molar-refractivity contribution in [2.75, 3.05) is 16.6 Å². The molecule has 1 atom stereocenters. The lowest BCUT2D eigenvalue weighted by atomic mass is 10.3. The average Bonchev–Trinajstić information content (AvgIpc) is 2.98. The summed E-state index contributed by atoms with van der Waals surface area (Å²) in [6, 6.07) is 7.77. The second-order valence-corrected chi connectivity index (χ2v) is 8.25. The number of hydrogen-bond acceptors (Lipinski definition) is 6. The first kappa shape index (κ1) is 22.4. The van der Waals surface area contributed by atoms with Crippen LogP contribution in [-0.2, 0) is 10.2 Å². The molecule has 0 aliphatic heterocycles. The summed E-state index contributed by atoms with van der Waals surface area (Å²) < 4.78 is 44.1. The first-order chi connectivity index (χ1) is 14.6. The SMILES string of the molecule is CC(CO)NS(=O)(=O)Nc1c(Cl)c(C(=O)Nc2cc(F)nc(C#N)c2)n2ccccc12. The highest BCUT2D eigenvalue weighted by Crippen LogP contribution is 2.34. The normalized spacial score (nSPS) is 12.4. The molecule has 0 aliphatic rings. The third kappa shape index (κ3) is 4.92. The van der Waals surface area contributed by atoms with Gasteiger partial charge in [0.25, 0.3) is 16.1 Å². The van der Waals surface area contributed by atoms with E-state index in [9.17, 15) is 17.6 Å². The smallest absolute Gasteiger partial charge is 0.299 e. The molecule has 1 unspecified atom stereocenters. The quantitative estimate of drug-likeness (QED) is 0.390. The summed E-state index contributed by atoms with van der Waals surface area (Å²) in [7, 11) is -4.13. The van der Waals surface area contributed by atoms with Crippen molar-refractivity contribution in [1.82, 2.24) is 14.1 Å². The number of carbonyl (C=O) groups is 1. The van der Waals surface area contributed by atoms with E-state index in [1.54, 1.807) is 18.2 Å². The maximum Gasteiger partial charge on any atom is 0.299 e. The summed E-state index contributed by atoms with van der Waals surface area (Å²) in [6.45, 7) is 1.03. The number of amides is 1. The molecule has 0 radical (unpaired) electrons. The minimum atomic E-state index is -4.13. The van der Waals surface area contributed by atoms with Gasteiger partial charge in [-0.3, -0.25) is 9.52 Å². The molecule has 0 bridgehead atoms. The monoisotopic (exact) mass is 466 g/mol. The van der Waals surface area contributed by atoms with E-state index in [0.717, 1.165) is 6.07 Å². The van der Waals surface area contributed by atoms with Gasteiger partial charge in [-0.15, -0.1) is 0 Å². The summed E-state index contributed by atoms with van der Waals surface area (Å²) >= 11 is 6.36. The zero-order valence-corrected chi connectivity index (χ0v) is 17.5. The van der Waals surface area contributed by atoms with Crippen molar-refractivity contribution in [1.29, 1.82) is 5.26 Å². The molecule has 0 saturated heterocycles. The molecule has 0 aromatic carbocycles. The molecule has 31 heavy (non-hydrogen) atoms. The van der Waals surface area contributed by atoms with E-state index >= 15 is 0 Å². The summed E-state index contributed by atoms with van der Waals surface area (Å²) in [6.07, 6.45) is 1.49. The van der Waals surface area contributed by atoms with Crippen LogP contribution in [0.15, 0.2) is 36.5 Å².